The van der Waals surface area contributed by atoms with Crippen molar-refractivity contribution >= 4 is 17.2 Å². The largest absolute Gasteiger partial charge is 0.390 e. The molecule has 2 heterocycles. The van der Waals surface area contributed by atoms with E-state index >= 15 is 0 Å². The second-order valence-corrected chi connectivity index (χ2v) is 6.80. The van der Waals surface area contributed by atoms with Gasteiger partial charge >= 0.3 is 6.18 Å². The van der Waals surface area contributed by atoms with Crippen molar-refractivity contribution in [3.05, 3.63) is 16.1 Å². The Morgan fingerprint density at radius 1 is 1.57 bits per heavy atom. The lowest BCUT2D eigenvalue weighted by molar-refractivity contribution is -0.145. The van der Waals surface area contributed by atoms with E-state index in [-0.39, 0.29) is 0 Å². The first-order valence-electron chi connectivity index (χ1n) is 7.40. The van der Waals surface area contributed by atoms with Crippen molar-refractivity contribution in [3.8, 4) is 0 Å². The van der Waals surface area contributed by atoms with Gasteiger partial charge < -0.3 is 10.4 Å². The van der Waals surface area contributed by atoms with Crippen LogP contribution in [-0.4, -0.2) is 52.3 Å². The minimum absolute atomic E-state index is 0.362. The number of carbonyl (C=O) groups excluding carboxylic acids is 1. The SMILES string of the molecule is Cc1nc(CN2CC[C@@H](NC(=O)CCC(F)(F)F)[C@H](O)C2)cs1. The number of hydrogen-bond acceptors (Lipinski definition) is 5. The zero-order chi connectivity index (χ0) is 17.0. The highest BCUT2D eigenvalue weighted by molar-refractivity contribution is 7.09. The van der Waals surface area contributed by atoms with E-state index in [1.54, 1.807) is 11.3 Å². The van der Waals surface area contributed by atoms with Crippen LogP contribution in [0.15, 0.2) is 5.38 Å². The summed E-state index contributed by atoms with van der Waals surface area (Å²) >= 11 is 1.56. The Kier molecular flexibility index (Phi) is 5.99. The van der Waals surface area contributed by atoms with Gasteiger partial charge in [-0.15, -0.1) is 11.3 Å². The van der Waals surface area contributed by atoms with Gasteiger partial charge in [-0.05, 0) is 13.3 Å². The number of thiazole rings is 1. The Morgan fingerprint density at radius 3 is 2.87 bits per heavy atom. The number of β-amino-alcohol motifs (C(OH)–C–C–N with tert-alkyl or cyclic N) is 1. The van der Waals surface area contributed by atoms with Crippen LogP contribution in [0.5, 0.6) is 0 Å². The van der Waals surface area contributed by atoms with Gasteiger partial charge in [-0.3, -0.25) is 9.69 Å². The summed E-state index contributed by atoms with van der Waals surface area (Å²) in [4.78, 5) is 17.9. The number of piperidine rings is 1. The minimum atomic E-state index is -4.34. The van der Waals surface area contributed by atoms with Crippen molar-refractivity contribution < 1.29 is 23.1 Å². The molecule has 1 aliphatic heterocycles. The normalized spacial score (nSPS) is 23.0. The minimum Gasteiger partial charge on any atom is -0.390 e. The van der Waals surface area contributed by atoms with Crippen LogP contribution in [-0.2, 0) is 11.3 Å². The molecule has 2 rings (SSSR count). The Balaban J connectivity index is 1.76. The van der Waals surface area contributed by atoms with E-state index in [2.05, 4.69) is 10.3 Å². The van der Waals surface area contributed by atoms with E-state index in [0.29, 0.717) is 26.1 Å². The van der Waals surface area contributed by atoms with E-state index in [4.69, 9.17) is 0 Å². The molecule has 0 saturated carbocycles. The first-order valence-corrected chi connectivity index (χ1v) is 8.28. The first-order chi connectivity index (χ1) is 10.7. The molecule has 9 heteroatoms. The second-order valence-electron chi connectivity index (χ2n) is 5.74. The van der Waals surface area contributed by atoms with Gasteiger partial charge in [0.05, 0.1) is 29.3 Å². The lowest BCUT2D eigenvalue weighted by atomic mass is 10.0. The van der Waals surface area contributed by atoms with Crippen LogP contribution in [0.3, 0.4) is 0 Å². The summed E-state index contributed by atoms with van der Waals surface area (Å²) in [6.07, 6.45) is -6.38. The lowest BCUT2D eigenvalue weighted by Crippen LogP contribution is -2.53. The summed E-state index contributed by atoms with van der Waals surface area (Å²) < 4.78 is 36.3. The number of nitrogens with zero attached hydrogens (tertiary/aromatic N) is 2. The molecule has 2 N–H and O–H groups in total. The van der Waals surface area contributed by atoms with Crippen molar-refractivity contribution in [1.29, 1.82) is 0 Å². The van der Waals surface area contributed by atoms with Gasteiger partial charge in [0.25, 0.3) is 0 Å². The highest BCUT2D eigenvalue weighted by Gasteiger charge is 2.31. The summed E-state index contributed by atoms with van der Waals surface area (Å²) in [6.45, 7) is 3.56. The number of nitrogens with one attached hydrogen (secondary N) is 1. The van der Waals surface area contributed by atoms with Gasteiger partial charge in [-0.25, -0.2) is 4.98 Å². The van der Waals surface area contributed by atoms with Crippen molar-refractivity contribution in [3.63, 3.8) is 0 Å². The molecular formula is C14H20F3N3O2S. The van der Waals surface area contributed by atoms with Crippen LogP contribution < -0.4 is 5.32 Å². The number of carbonyl (C=O) groups is 1. The fraction of sp³-hybridized carbons (Fsp3) is 0.714. The number of aliphatic hydroxyl groups excluding tert-OH is 1. The van der Waals surface area contributed by atoms with Gasteiger partial charge in [0.15, 0.2) is 0 Å². The molecule has 0 aromatic carbocycles. The lowest BCUT2D eigenvalue weighted by Gasteiger charge is -2.36. The number of alkyl halides is 3. The van der Waals surface area contributed by atoms with Gasteiger partial charge in [0, 0.05) is 31.4 Å². The maximum atomic E-state index is 12.1. The molecule has 130 valence electrons. The number of halogens is 3. The zero-order valence-corrected chi connectivity index (χ0v) is 13.6. The molecule has 0 unspecified atom stereocenters. The predicted molar refractivity (Wildman–Crippen MR) is 80.0 cm³/mol. The monoisotopic (exact) mass is 351 g/mol. The summed E-state index contributed by atoms with van der Waals surface area (Å²) in [5.74, 6) is -0.671. The number of aromatic nitrogens is 1. The van der Waals surface area contributed by atoms with E-state index in [1.165, 1.54) is 0 Å². The Morgan fingerprint density at radius 2 is 2.30 bits per heavy atom. The summed E-state index contributed by atoms with van der Waals surface area (Å²) in [5.41, 5.74) is 0.937. The average molecular weight is 351 g/mol. The van der Waals surface area contributed by atoms with Crippen molar-refractivity contribution in [1.82, 2.24) is 15.2 Å². The highest BCUT2D eigenvalue weighted by atomic mass is 32.1. The molecule has 0 bridgehead atoms. The molecule has 23 heavy (non-hydrogen) atoms. The number of aryl methyl sites for hydroxylation is 1. The van der Waals surface area contributed by atoms with Crippen LogP contribution >= 0.6 is 11.3 Å². The molecule has 1 aliphatic rings. The van der Waals surface area contributed by atoms with Crippen LogP contribution in [0.1, 0.15) is 30.0 Å². The molecule has 1 aromatic heterocycles. The van der Waals surface area contributed by atoms with Gasteiger partial charge in [0.2, 0.25) is 5.91 Å². The fourth-order valence-corrected chi connectivity index (χ4v) is 3.16. The smallest absolute Gasteiger partial charge is 0.389 e. The van der Waals surface area contributed by atoms with Crippen molar-refractivity contribution in [2.75, 3.05) is 13.1 Å². The third-order valence-electron chi connectivity index (χ3n) is 3.70. The summed E-state index contributed by atoms with van der Waals surface area (Å²) in [6, 6.07) is -0.496. The van der Waals surface area contributed by atoms with E-state index in [9.17, 15) is 23.1 Å². The topological polar surface area (TPSA) is 65.5 Å². The van der Waals surface area contributed by atoms with E-state index in [0.717, 1.165) is 10.7 Å². The van der Waals surface area contributed by atoms with Gasteiger partial charge in [0.1, 0.15) is 0 Å². The average Bonchev–Trinajstić information content (AvgIpc) is 2.84. The molecule has 0 spiro atoms. The first kappa shape index (κ1) is 18.2. The molecule has 1 aromatic rings. The number of rotatable bonds is 5. The summed E-state index contributed by atoms with van der Waals surface area (Å²) in [5, 5.41) is 15.5. The van der Waals surface area contributed by atoms with Crippen LogP contribution in [0.25, 0.3) is 0 Å². The number of hydrogen-bond donors (Lipinski definition) is 2. The Bertz CT molecular complexity index is 536. The number of amides is 1. The zero-order valence-electron chi connectivity index (χ0n) is 12.8. The standard InChI is InChI=1S/C14H20F3N3O2S/c1-9-18-10(8-23-9)6-20-5-3-11(12(21)7-20)19-13(22)2-4-14(15,16)17/h8,11-12,21H,2-7H2,1H3,(H,19,22)/t11-,12-/m1/s1. The molecule has 2 atom stereocenters. The molecule has 1 fully saturated rings. The Labute approximate surface area is 136 Å². The van der Waals surface area contributed by atoms with E-state index < -0.39 is 37.1 Å². The molecule has 1 saturated heterocycles. The Hall–Kier alpha value is -1.19. The second kappa shape index (κ2) is 7.59. The van der Waals surface area contributed by atoms with Gasteiger partial charge in [-0.2, -0.15) is 13.2 Å². The maximum Gasteiger partial charge on any atom is 0.389 e. The molecule has 0 radical (unpaired) electrons. The van der Waals surface area contributed by atoms with E-state index in [1.807, 2.05) is 17.2 Å². The molecule has 5 nitrogen and oxygen atoms in total. The fourth-order valence-electron chi connectivity index (χ4n) is 2.55. The molecule has 0 aliphatic carbocycles. The van der Waals surface area contributed by atoms with Gasteiger partial charge in [-0.1, -0.05) is 0 Å². The third-order valence-corrected chi connectivity index (χ3v) is 4.52. The van der Waals surface area contributed by atoms with Crippen molar-refractivity contribution in [2.24, 2.45) is 0 Å². The number of aliphatic hydroxyl groups is 1. The molecular weight excluding hydrogens is 331 g/mol. The molecule has 1 amide bonds. The van der Waals surface area contributed by atoms with Crippen LogP contribution in [0.4, 0.5) is 13.2 Å². The summed E-state index contributed by atoms with van der Waals surface area (Å²) in [7, 11) is 0. The quantitative estimate of drug-likeness (QED) is 0.850. The number of likely N-dealkylation sites (tertiary alicyclic amines) is 1. The highest BCUT2D eigenvalue weighted by Crippen LogP contribution is 2.21. The van der Waals surface area contributed by atoms with Crippen LogP contribution in [0.2, 0.25) is 0 Å². The maximum absolute atomic E-state index is 12.1. The predicted octanol–water partition coefficient (Wildman–Crippen LogP) is 1.85. The van der Waals surface area contributed by atoms with Crippen molar-refractivity contribution in [2.45, 2.75) is 51.1 Å². The third kappa shape index (κ3) is 6.08. The van der Waals surface area contributed by atoms with Crippen LogP contribution in [0, 0.1) is 6.92 Å².